The molecule has 1 aliphatic heterocycles. The molecule has 5 rings (SSSR count). The van der Waals surface area contributed by atoms with Gasteiger partial charge in [0, 0.05) is 23.9 Å². The number of hydrogen-bond acceptors (Lipinski definition) is 4. The molecule has 218 valence electrons. The van der Waals surface area contributed by atoms with Crippen LogP contribution in [0.15, 0.2) is 53.5 Å². The van der Waals surface area contributed by atoms with Crippen molar-refractivity contribution >= 4 is 5.97 Å². The first-order chi connectivity index (χ1) is 19.2. The van der Waals surface area contributed by atoms with Crippen molar-refractivity contribution in [2.45, 2.75) is 77.3 Å². The third-order valence-electron chi connectivity index (χ3n) is 7.70. The summed E-state index contributed by atoms with van der Waals surface area (Å²) in [4.78, 5) is 25.4. The molecule has 0 radical (unpaired) electrons. The molecule has 1 N–H and O–H groups in total. The van der Waals surface area contributed by atoms with Gasteiger partial charge in [-0.15, -0.1) is 0 Å². The van der Waals surface area contributed by atoms with Crippen LogP contribution in [0.1, 0.15) is 75.8 Å². The van der Waals surface area contributed by atoms with E-state index in [2.05, 4.69) is 0 Å². The fourth-order valence-corrected chi connectivity index (χ4v) is 5.58. The van der Waals surface area contributed by atoms with E-state index in [1.54, 1.807) is 55.8 Å². The summed E-state index contributed by atoms with van der Waals surface area (Å²) in [6.45, 7) is 7.32. The summed E-state index contributed by atoms with van der Waals surface area (Å²) >= 11 is 0. The molecular formula is C32H34F3NO5. The first kappa shape index (κ1) is 28.9. The van der Waals surface area contributed by atoms with Crippen LogP contribution in [0.3, 0.4) is 0 Å². The monoisotopic (exact) mass is 569 g/mol. The summed E-state index contributed by atoms with van der Waals surface area (Å²) in [5.41, 5.74) is -0.567. The molecular weight excluding hydrogens is 535 g/mol. The summed E-state index contributed by atoms with van der Waals surface area (Å²) in [6.07, 6.45) is -1.64. The van der Waals surface area contributed by atoms with E-state index in [9.17, 15) is 27.9 Å². The zero-order valence-corrected chi connectivity index (χ0v) is 23.5. The Kier molecular flexibility index (Phi) is 7.53. The molecule has 2 atom stereocenters. The van der Waals surface area contributed by atoms with Crippen LogP contribution >= 0.6 is 0 Å². The molecule has 0 spiro atoms. The number of aromatic nitrogens is 1. The number of benzene rings is 2. The highest BCUT2D eigenvalue weighted by Gasteiger charge is 2.41. The number of aryl methyl sites for hydroxylation is 1. The number of carboxylic acid groups (broad SMARTS) is 1. The van der Waals surface area contributed by atoms with Crippen molar-refractivity contribution in [3.63, 3.8) is 0 Å². The van der Waals surface area contributed by atoms with Crippen LogP contribution in [0.5, 0.6) is 5.75 Å². The predicted octanol–water partition coefficient (Wildman–Crippen LogP) is 7.44. The van der Waals surface area contributed by atoms with Gasteiger partial charge in [-0.1, -0.05) is 12.1 Å². The molecule has 1 fully saturated rings. The second-order valence-corrected chi connectivity index (χ2v) is 11.9. The number of nitrogens with zero attached hydrogens (tertiary/aromatic N) is 1. The fourth-order valence-electron chi connectivity index (χ4n) is 5.58. The van der Waals surface area contributed by atoms with Crippen LogP contribution in [-0.2, 0) is 22.1 Å². The Labute approximate surface area is 236 Å². The minimum absolute atomic E-state index is 0.0725. The maximum absolute atomic E-state index is 14.6. The third-order valence-corrected chi connectivity index (χ3v) is 7.70. The van der Waals surface area contributed by atoms with Crippen LogP contribution < -0.4 is 10.3 Å². The Morgan fingerprint density at radius 3 is 2.41 bits per heavy atom. The van der Waals surface area contributed by atoms with Gasteiger partial charge in [-0.25, -0.2) is 4.79 Å². The molecule has 2 aromatic carbocycles. The van der Waals surface area contributed by atoms with Crippen LogP contribution in [-0.4, -0.2) is 27.9 Å². The van der Waals surface area contributed by atoms with E-state index >= 15 is 0 Å². The molecule has 1 saturated carbocycles. The minimum atomic E-state index is -4.85. The lowest BCUT2D eigenvalue weighted by molar-refractivity contribution is -0.163. The summed E-state index contributed by atoms with van der Waals surface area (Å²) in [5.74, 6) is -0.511. The number of alkyl halides is 3. The van der Waals surface area contributed by atoms with Crippen molar-refractivity contribution in [1.82, 2.24) is 4.57 Å². The fraction of sp³-hybridized carbons (Fsp3) is 0.438. The van der Waals surface area contributed by atoms with E-state index in [4.69, 9.17) is 9.47 Å². The number of hydrogen-bond donors (Lipinski definition) is 1. The summed E-state index contributed by atoms with van der Waals surface area (Å²) in [6, 6.07) is 10.3. The third kappa shape index (κ3) is 6.05. The maximum atomic E-state index is 14.6. The van der Waals surface area contributed by atoms with Crippen molar-refractivity contribution in [1.29, 1.82) is 0 Å². The number of fused-ring (bicyclic) bond motifs is 1. The van der Waals surface area contributed by atoms with Gasteiger partial charge < -0.3 is 19.1 Å². The zero-order valence-electron chi connectivity index (χ0n) is 23.5. The van der Waals surface area contributed by atoms with E-state index in [1.807, 2.05) is 6.92 Å². The minimum Gasteiger partial charge on any atom is -0.493 e. The number of rotatable bonds is 7. The zero-order chi connectivity index (χ0) is 29.7. The first-order valence-electron chi connectivity index (χ1n) is 13.9. The lowest BCUT2D eigenvalue weighted by atomic mass is 9.84. The molecule has 2 heterocycles. The molecule has 41 heavy (non-hydrogen) atoms. The van der Waals surface area contributed by atoms with Crippen LogP contribution in [0.4, 0.5) is 13.2 Å². The van der Waals surface area contributed by atoms with Gasteiger partial charge in [-0.05, 0) is 111 Å². The largest absolute Gasteiger partial charge is 0.493 e. The van der Waals surface area contributed by atoms with Crippen molar-refractivity contribution in [2.24, 2.45) is 5.92 Å². The molecule has 9 heteroatoms. The van der Waals surface area contributed by atoms with Gasteiger partial charge >= 0.3 is 12.1 Å². The van der Waals surface area contributed by atoms with Crippen molar-refractivity contribution in [3.05, 3.63) is 75.7 Å². The molecule has 2 unspecified atom stereocenters. The Morgan fingerprint density at radius 2 is 1.78 bits per heavy atom. The van der Waals surface area contributed by atoms with Gasteiger partial charge in [0.2, 0.25) is 0 Å². The Balaban J connectivity index is 1.84. The lowest BCUT2D eigenvalue weighted by Gasteiger charge is -2.30. The molecule has 0 saturated heterocycles. The smallest absolute Gasteiger partial charge is 0.416 e. The number of halogens is 3. The number of aliphatic carboxylic acids is 1. The van der Waals surface area contributed by atoms with Gasteiger partial charge in [-0.3, -0.25) is 4.79 Å². The van der Waals surface area contributed by atoms with Crippen LogP contribution in [0.25, 0.3) is 22.3 Å². The normalized spacial score (nSPS) is 17.0. The Hall–Kier alpha value is -3.59. The number of carboxylic acids is 1. The van der Waals surface area contributed by atoms with E-state index < -0.39 is 35.0 Å². The molecule has 3 aromatic rings. The molecule has 2 aliphatic rings. The van der Waals surface area contributed by atoms with Crippen molar-refractivity contribution in [2.75, 3.05) is 6.61 Å². The van der Waals surface area contributed by atoms with Gasteiger partial charge in [0.15, 0.2) is 6.10 Å². The molecule has 0 amide bonds. The second-order valence-electron chi connectivity index (χ2n) is 11.9. The van der Waals surface area contributed by atoms with Crippen molar-refractivity contribution < 1.29 is 32.5 Å². The highest BCUT2D eigenvalue weighted by molar-refractivity contribution is 5.90. The average molecular weight is 570 g/mol. The molecule has 1 aliphatic carbocycles. The standard InChI is InChI=1S/C32H34F3NO5/c1-18(19-7-8-19)36-17-22(10-14-26(36)37)23-11-12-24(32(33,34)35)28(29(30(38)39)41-31(2,3)4)27(23)21-9-13-25-20(16-21)6-5-15-40-25/h9-14,16-19,29H,5-8,15H2,1-4H3,(H,38,39). The van der Waals surface area contributed by atoms with E-state index in [0.717, 1.165) is 30.9 Å². The quantitative estimate of drug-likeness (QED) is 0.320. The Bertz CT molecular complexity index is 1530. The van der Waals surface area contributed by atoms with Gasteiger partial charge in [-0.2, -0.15) is 13.2 Å². The lowest BCUT2D eigenvalue weighted by Crippen LogP contribution is -2.29. The SMILES string of the molecule is CC(C1CC1)n1cc(-c2ccc(C(F)(F)F)c(C(OC(C)(C)C)C(=O)O)c2-c2ccc3c(c2)CCCO3)ccc1=O. The average Bonchev–Trinajstić information content (AvgIpc) is 3.75. The van der Waals surface area contributed by atoms with Crippen LogP contribution in [0.2, 0.25) is 0 Å². The Morgan fingerprint density at radius 1 is 1.07 bits per heavy atom. The maximum Gasteiger partial charge on any atom is 0.416 e. The molecule has 6 nitrogen and oxygen atoms in total. The first-order valence-corrected chi connectivity index (χ1v) is 13.9. The number of carbonyl (C=O) groups is 1. The highest BCUT2D eigenvalue weighted by atomic mass is 19.4. The van der Waals surface area contributed by atoms with Gasteiger partial charge in [0.1, 0.15) is 5.75 Å². The summed E-state index contributed by atoms with van der Waals surface area (Å²) in [5, 5.41) is 10.3. The van der Waals surface area contributed by atoms with E-state index in [0.29, 0.717) is 41.4 Å². The highest BCUT2D eigenvalue weighted by Crippen LogP contribution is 2.47. The topological polar surface area (TPSA) is 77.8 Å². The van der Waals surface area contributed by atoms with E-state index in [1.165, 1.54) is 12.1 Å². The van der Waals surface area contributed by atoms with Crippen LogP contribution in [0, 0.1) is 5.92 Å². The number of ether oxygens (including phenoxy) is 2. The molecule has 0 bridgehead atoms. The van der Waals surface area contributed by atoms with E-state index in [-0.39, 0.29) is 17.2 Å². The summed E-state index contributed by atoms with van der Waals surface area (Å²) in [7, 11) is 0. The second kappa shape index (κ2) is 10.7. The van der Waals surface area contributed by atoms with Gasteiger partial charge in [0.25, 0.3) is 5.56 Å². The predicted molar refractivity (Wildman–Crippen MR) is 149 cm³/mol. The molecule has 1 aromatic heterocycles. The summed E-state index contributed by atoms with van der Waals surface area (Å²) < 4.78 is 57.0. The van der Waals surface area contributed by atoms with Gasteiger partial charge in [0.05, 0.1) is 17.8 Å². The van der Waals surface area contributed by atoms with Crippen molar-refractivity contribution in [3.8, 4) is 28.0 Å². The number of pyridine rings is 1.